The fourth-order valence-electron chi connectivity index (χ4n) is 6.40. The molecular formula is C30H26O. The van der Waals surface area contributed by atoms with Gasteiger partial charge in [0.1, 0.15) is 11.9 Å². The molecule has 1 nitrogen and oxygen atoms in total. The van der Waals surface area contributed by atoms with Gasteiger partial charge in [0, 0.05) is 17.4 Å². The Kier molecular flexibility index (Phi) is 3.82. The summed E-state index contributed by atoms with van der Waals surface area (Å²) in [6.45, 7) is 0. The first-order chi connectivity index (χ1) is 15.4. The SMILES string of the molecule is C1=CC2C(Oc3cc4ccccc4c4c3C2CC=C4)C(C2=CC=C3C=CCCC3C2)=C1. The highest BCUT2D eigenvalue weighted by Crippen LogP contribution is 2.52. The Morgan fingerprint density at radius 3 is 2.94 bits per heavy atom. The predicted octanol–water partition coefficient (Wildman–Crippen LogP) is 7.44. The van der Waals surface area contributed by atoms with E-state index in [1.54, 1.807) is 0 Å². The number of benzene rings is 2. The smallest absolute Gasteiger partial charge is 0.131 e. The number of fused-ring (bicyclic) bond motifs is 5. The second-order valence-electron chi connectivity index (χ2n) is 9.53. The maximum atomic E-state index is 6.86. The summed E-state index contributed by atoms with van der Waals surface area (Å²) in [7, 11) is 0. The van der Waals surface area contributed by atoms with E-state index in [1.165, 1.54) is 51.5 Å². The van der Waals surface area contributed by atoms with Crippen molar-refractivity contribution in [2.24, 2.45) is 11.8 Å². The first-order valence-corrected chi connectivity index (χ1v) is 11.7. The van der Waals surface area contributed by atoms with Crippen LogP contribution in [0.2, 0.25) is 0 Å². The maximum Gasteiger partial charge on any atom is 0.131 e. The molecule has 4 aliphatic carbocycles. The van der Waals surface area contributed by atoms with Crippen LogP contribution in [0.5, 0.6) is 5.75 Å². The van der Waals surface area contributed by atoms with Crippen LogP contribution in [-0.4, -0.2) is 6.10 Å². The molecule has 4 atom stereocenters. The summed E-state index contributed by atoms with van der Waals surface area (Å²) in [4.78, 5) is 0. The molecule has 31 heavy (non-hydrogen) atoms. The Labute approximate surface area is 183 Å². The molecule has 1 aliphatic heterocycles. The van der Waals surface area contributed by atoms with Crippen LogP contribution in [0.1, 0.15) is 42.7 Å². The van der Waals surface area contributed by atoms with Gasteiger partial charge in [0.15, 0.2) is 0 Å². The molecule has 7 rings (SSSR count). The molecule has 0 saturated heterocycles. The Balaban J connectivity index is 1.33. The van der Waals surface area contributed by atoms with Crippen molar-refractivity contribution < 1.29 is 4.74 Å². The summed E-state index contributed by atoms with van der Waals surface area (Å²) in [5.74, 6) is 2.65. The van der Waals surface area contributed by atoms with Crippen molar-refractivity contribution in [2.75, 3.05) is 0 Å². The molecule has 152 valence electrons. The number of ether oxygens (including phenoxy) is 1. The second-order valence-corrected chi connectivity index (χ2v) is 9.53. The van der Waals surface area contributed by atoms with Crippen LogP contribution < -0.4 is 4.74 Å². The van der Waals surface area contributed by atoms with Crippen molar-refractivity contribution in [3.63, 3.8) is 0 Å². The molecule has 4 unspecified atom stereocenters. The Bertz CT molecular complexity index is 1280. The molecule has 0 amide bonds. The van der Waals surface area contributed by atoms with E-state index in [0.29, 0.717) is 17.8 Å². The number of hydrogen-bond donors (Lipinski definition) is 0. The Morgan fingerprint density at radius 2 is 1.94 bits per heavy atom. The first-order valence-electron chi connectivity index (χ1n) is 11.7. The average molecular weight is 403 g/mol. The van der Waals surface area contributed by atoms with Crippen LogP contribution in [0.4, 0.5) is 0 Å². The molecule has 5 aliphatic rings. The summed E-state index contributed by atoms with van der Waals surface area (Å²) >= 11 is 0. The van der Waals surface area contributed by atoms with Crippen molar-refractivity contribution in [1.29, 1.82) is 0 Å². The van der Waals surface area contributed by atoms with Gasteiger partial charge in [-0.2, -0.15) is 0 Å². The molecule has 0 saturated carbocycles. The second kappa shape index (κ2) is 6.72. The van der Waals surface area contributed by atoms with Crippen molar-refractivity contribution in [2.45, 2.75) is 37.7 Å². The zero-order valence-corrected chi connectivity index (χ0v) is 17.6. The summed E-state index contributed by atoms with van der Waals surface area (Å²) < 4.78 is 6.86. The predicted molar refractivity (Wildman–Crippen MR) is 128 cm³/mol. The van der Waals surface area contributed by atoms with E-state index in [9.17, 15) is 0 Å². The van der Waals surface area contributed by atoms with E-state index in [-0.39, 0.29) is 6.10 Å². The lowest BCUT2D eigenvalue weighted by molar-refractivity contribution is 0.146. The molecule has 1 heteroatoms. The highest BCUT2D eigenvalue weighted by molar-refractivity contribution is 5.94. The summed E-state index contributed by atoms with van der Waals surface area (Å²) in [6.07, 6.45) is 25.9. The third-order valence-electron chi connectivity index (χ3n) is 7.90. The van der Waals surface area contributed by atoms with E-state index in [2.05, 4.69) is 85.0 Å². The van der Waals surface area contributed by atoms with Crippen molar-refractivity contribution >= 4 is 16.8 Å². The molecule has 0 aromatic heterocycles. The van der Waals surface area contributed by atoms with Gasteiger partial charge in [-0.05, 0) is 70.7 Å². The van der Waals surface area contributed by atoms with Crippen molar-refractivity contribution in [3.05, 3.63) is 107 Å². The molecule has 2 aromatic carbocycles. The van der Waals surface area contributed by atoms with Crippen LogP contribution in [0, 0.1) is 11.8 Å². The van der Waals surface area contributed by atoms with Gasteiger partial charge in [0.25, 0.3) is 0 Å². The molecular weight excluding hydrogens is 376 g/mol. The van der Waals surface area contributed by atoms with E-state index in [1.807, 2.05) is 0 Å². The summed E-state index contributed by atoms with van der Waals surface area (Å²) in [5.41, 5.74) is 7.16. The lowest BCUT2D eigenvalue weighted by atomic mass is 9.68. The van der Waals surface area contributed by atoms with Crippen LogP contribution in [-0.2, 0) is 0 Å². The molecule has 0 bridgehead atoms. The minimum absolute atomic E-state index is 0.114. The molecule has 0 N–H and O–H groups in total. The van der Waals surface area contributed by atoms with Gasteiger partial charge >= 0.3 is 0 Å². The number of allylic oxidation sites excluding steroid dienone is 8. The molecule has 1 heterocycles. The Hall–Kier alpha value is -3.06. The normalized spacial score (nSPS) is 29.9. The lowest BCUT2D eigenvalue weighted by Gasteiger charge is -2.43. The molecule has 0 spiro atoms. The van der Waals surface area contributed by atoms with Gasteiger partial charge in [-0.3, -0.25) is 0 Å². The lowest BCUT2D eigenvalue weighted by Crippen LogP contribution is -2.39. The number of rotatable bonds is 1. The summed E-state index contributed by atoms with van der Waals surface area (Å²) in [5, 5.41) is 2.62. The fourth-order valence-corrected chi connectivity index (χ4v) is 6.40. The van der Waals surface area contributed by atoms with E-state index < -0.39 is 0 Å². The van der Waals surface area contributed by atoms with E-state index in [4.69, 9.17) is 4.74 Å². The van der Waals surface area contributed by atoms with Crippen LogP contribution in [0.3, 0.4) is 0 Å². The van der Waals surface area contributed by atoms with Crippen molar-refractivity contribution in [3.8, 4) is 5.75 Å². The third kappa shape index (κ3) is 2.62. The number of hydrogen-bond acceptors (Lipinski definition) is 1. The minimum Gasteiger partial charge on any atom is -0.485 e. The zero-order valence-electron chi connectivity index (χ0n) is 17.6. The van der Waals surface area contributed by atoms with E-state index in [0.717, 1.165) is 18.6 Å². The standard InChI is InChI=1S/C30H26O/c1-2-8-20-17-22(16-15-19(20)7-1)24-11-5-14-27-26-13-6-12-25-23-10-4-3-9-21(23)18-28(29(25)26)31-30(24)27/h1,3-7,9-12,14-16,18,20,26-27,30H,2,8,13,17H2. The van der Waals surface area contributed by atoms with E-state index >= 15 is 0 Å². The van der Waals surface area contributed by atoms with Gasteiger partial charge in [0.05, 0.1) is 0 Å². The molecule has 0 radical (unpaired) electrons. The van der Waals surface area contributed by atoms with Crippen LogP contribution in [0.15, 0.2) is 95.7 Å². The minimum atomic E-state index is 0.114. The first kappa shape index (κ1) is 17.6. The van der Waals surface area contributed by atoms with Crippen LogP contribution >= 0.6 is 0 Å². The topological polar surface area (TPSA) is 9.23 Å². The van der Waals surface area contributed by atoms with Gasteiger partial charge in [-0.1, -0.05) is 78.9 Å². The highest BCUT2D eigenvalue weighted by Gasteiger charge is 2.42. The van der Waals surface area contributed by atoms with Crippen molar-refractivity contribution in [1.82, 2.24) is 0 Å². The largest absolute Gasteiger partial charge is 0.485 e. The zero-order chi connectivity index (χ0) is 20.4. The van der Waals surface area contributed by atoms with Gasteiger partial charge in [0.2, 0.25) is 0 Å². The Morgan fingerprint density at radius 1 is 0.968 bits per heavy atom. The molecule has 2 aromatic rings. The van der Waals surface area contributed by atoms with Gasteiger partial charge in [-0.15, -0.1) is 0 Å². The van der Waals surface area contributed by atoms with Crippen LogP contribution in [0.25, 0.3) is 16.8 Å². The quantitative estimate of drug-likeness (QED) is 0.482. The average Bonchev–Trinajstić information content (AvgIpc) is 2.84. The third-order valence-corrected chi connectivity index (χ3v) is 7.90. The maximum absolute atomic E-state index is 6.86. The summed E-state index contributed by atoms with van der Waals surface area (Å²) in [6, 6.07) is 11.0. The monoisotopic (exact) mass is 402 g/mol. The highest BCUT2D eigenvalue weighted by atomic mass is 16.5. The van der Waals surface area contributed by atoms with Gasteiger partial charge in [-0.25, -0.2) is 0 Å². The van der Waals surface area contributed by atoms with Gasteiger partial charge < -0.3 is 4.74 Å². The molecule has 0 fully saturated rings. The fraction of sp³-hybridized carbons (Fsp3) is 0.267.